The van der Waals surface area contributed by atoms with Crippen LogP contribution in [0.4, 0.5) is 0 Å². The standard InChI is InChI=1S/C12H25N3O/c1-14(2)12(15(3)4)13-8-5-11-6-9-16-10-7-11/h11H,5-10H2,1-4H3. The Morgan fingerprint density at radius 2 is 1.69 bits per heavy atom. The Labute approximate surface area is 99.3 Å². The molecular formula is C12H25N3O. The van der Waals surface area contributed by atoms with Crippen molar-refractivity contribution in [3.63, 3.8) is 0 Å². The van der Waals surface area contributed by atoms with E-state index in [1.807, 2.05) is 28.2 Å². The first-order chi connectivity index (χ1) is 7.61. The first kappa shape index (κ1) is 13.3. The van der Waals surface area contributed by atoms with E-state index in [2.05, 4.69) is 14.8 Å². The van der Waals surface area contributed by atoms with Gasteiger partial charge in [-0.25, -0.2) is 0 Å². The highest BCUT2D eigenvalue weighted by molar-refractivity contribution is 5.79. The van der Waals surface area contributed by atoms with Crippen LogP contribution < -0.4 is 0 Å². The second-order valence-electron chi connectivity index (χ2n) is 4.81. The van der Waals surface area contributed by atoms with Gasteiger partial charge in [-0.15, -0.1) is 0 Å². The summed E-state index contributed by atoms with van der Waals surface area (Å²) >= 11 is 0. The van der Waals surface area contributed by atoms with Crippen LogP contribution in [-0.4, -0.2) is 63.7 Å². The Balaban J connectivity index is 2.32. The maximum Gasteiger partial charge on any atom is 0.195 e. The molecule has 0 amide bonds. The lowest BCUT2D eigenvalue weighted by Crippen LogP contribution is -2.35. The SMILES string of the molecule is CN(C)C(=NCCC1CCOCC1)N(C)C. The summed E-state index contributed by atoms with van der Waals surface area (Å²) in [4.78, 5) is 8.76. The second-order valence-corrected chi connectivity index (χ2v) is 4.81. The minimum Gasteiger partial charge on any atom is -0.381 e. The van der Waals surface area contributed by atoms with Crippen molar-refractivity contribution in [2.75, 3.05) is 47.9 Å². The third-order valence-corrected chi connectivity index (χ3v) is 2.93. The fourth-order valence-electron chi connectivity index (χ4n) is 2.07. The molecule has 1 heterocycles. The van der Waals surface area contributed by atoms with Gasteiger partial charge in [0, 0.05) is 47.9 Å². The molecule has 1 aliphatic heterocycles. The van der Waals surface area contributed by atoms with Crippen LogP contribution in [0.25, 0.3) is 0 Å². The molecule has 0 aromatic carbocycles. The summed E-state index contributed by atoms with van der Waals surface area (Å²) in [7, 11) is 8.14. The topological polar surface area (TPSA) is 28.1 Å². The molecule has 0 atom stereocenters. The molecule has 4 heteroatoms. The maximum absolute atomic E-state index is 5.35. The smallest absolute Gasteiger partial charge is 0.195 e. The van der Waals surface area contributed by atoms with Crippen molar-refractivity contribution in [3.05, 3.63) is 0 Å². The van der Waals surface area contributed by atoms with E-state index in [4.69, 9.17) is 4.74 Å². The van der Waals surface area contributed by atoms with Crippen molar-refractivity contribution >= 4 is 5.96 Å². The molecule has 1 aliphatic rings. The molecule has 1 saturated heterocycles. The Morgan fingerprint density at radius 1 is 1.12 bits per heavy atom. The van der Waals surface area contributed by atoms with Gasteiger partial charge in [-0.1, -0.05) is 0 Å². The molecule has 16 heavy (non-hydrogen) atoms. The zero-order valence-corrected chi connectivity index (χ0v) is 11.1. The predicted octanol–water partition coefficient (Wildman–Crippen LogP) is 1.28. The minimum absolute atomic E-state index is 0.808. The molecule has 0 aromatic rings. The fourth-order valence-corrected chi connectivity index (χ4v) is 2.07. The van der Waals surface area contributed by atoms with Crippen molar-refractivity contribution in [1.82, 2.24) is 9.80 Å². The molecule has 0 aromatic heterocycles. The molecule has 0 aliphatic carbocycles. The highest BCUT2D eigenvalue weighted by Gasteiger charge is 2.13. The van der Waals surface area contributed by atoms with Gasteiger partial charge in [-0.3, -0.25) is 4.99 Å². The van der Waals surface area contributed by atoms with E-state index in [0.29, 0.717) is 0 Å². The monoisotopic (exact) mass is 227 g/mol. The lowest BCUT2D eigenvalue weighted by Gasteiger charge is -2.24. The molecule has 4 nitrogen and oxygen atoms in total. The predicted molar refractivity (Wildman–Crippen MR) is 67.8 cm³/mol. The first-order valence-corrected chi connectivity index (χ1v) is 6.08. The van der Waals surface area contributed by atoms with Crippen molar-refractivity contribution in [1.29, 1.82) is 0 Å². The summed E-state index contributed by atoms with van der Waals surface area (Å²) in [5.74, 6) is 1.86. The lowest BCUT2D eigenvalue weighted by atomic mass is 9.97. The Kier molecular flexibility index (Phi) is 5.60. The first-order valence-electron chi connectivity index (χ1n) is 6.08. The third-order valence-electron chi connectivity index (χ3n) is 2.93. The normalized spacial score (nSPS) is 17.0. The van der Waals surface area contributed by atoms with Gasteiger partial charge in [0.25, 0.3) is 0 Å². The van der Waals surface area contributed by atoms with E-state index in [1.54, 1.807) is 0 Å². The fraction of sp³-hybridized carbons (Fsp3) is 0.917. The molecule has 0 spiro atoms. The van der Waals surface area contributed by atoms with Crippen molar-refractivity contribution in [2.24, 2.45) is 10.9 Å². The van der Waals surface area contributed by atoms with Gasteiger partial charge in [0.1, 0.15) is 0 Å². The highest BCUT2D eigenvalue weighted by Crippen LogP contribution is 2.18. The zero-order valence-electron chi connectivity index (χ0n) is 11.1. The number of ether oxygens (including phenoxy) is 1. The van der Waals surface area contributed by atoms with Gasteiger partial charge >= 0.3 is 0 Å². The zero-order chi connectivity index (χ0) is 12.0. The Bertz CT molecular complexity index is 210. The van der Waals surface area contributed by atoms with E-state index in [-0.39, 0.29) is 0 Å². The van der Waals surface area contributed by atoms with Crippen LogP contribution in [0.15, 0.2) is 4.99 Å². The van der Waals surface area contributed by atoms with Crippen LogP contribution >= 0.6 is 0 Å². The van der Waals surface area contributed by atoms with Crippen LogP contribution in [0.2, 0.25) is 0 Å². The molecule has 0 radical (unpaired) electrons. The van der Waals surface area contributed by atoms with Gasteiger partial charge in [0.15, 0.2) is 5.96 Å². The number of hydrogen-bond donors (Lipinski definition) is 0. The van der Waals surface area contributed by atoms with Crippen LogP contribution in [0.1, 0.15) is 19.3 Å². The molecule has 0 N–H and O–H groups in total. The lowest BCUT2D eigenvalue weighted by molar-refractivity contribution is 0.0646. The van der Waals surface area contributed by atoms with Crippen LogP contribution in [0.3, 0.4) is 0 Å². The Morgan fingerprint density at radius 3 is 2.19 bits per heavy atom. The summed E-state index contributed by atoms with van der Waals surface area (Å²) in [5, 5.41) is 0. The van der Waals surface area contributed by atoms with Crippen LogP contribution in [0, 0.1) is 5.92 Å². The van der Waals surface area contributed by atoms with Crippen LogP contribution in [-0.2, 0) is 4.74 Å². The Hall–Kier alpha value is -0.770. The van der Waals surface area contributed by atoms with Crippen molar-refractivity contribution < 1.29 is 4.74 Å². The number of guanidine groups is 1. The number of aliphatic imine (C=N–C) groups is 1. The van der Waals surface area contributed by atoms with Crippen molar-refractivity contribution in [2.45, 2.75) is 19.3 Å². The molecule has 0 bridgehead atoms. The maximum atomic E-state index is 5.35. The number of nitrogens with zero attached hydrogens (tertiary/aromatic N) is 3. The van der Waals surface area contributed by atoms with E-state index in [0.717, 1.165) is 31.6 Å². The quantitative estimate of drug-likeness (QED) is 0.537. The van der Waals surface area contributed by atoms with Gasteiger partial charge in [0.05, 0.1) is 0 Å². The van der Waals surface area contributed by atoms with Gasteiger partial charge in [-0.2, -0.15) is 0 Å². The molecule has 0 unspecified atom stereocenters. The highest BCUT2D eigenvalue weighted by atomic mass is 16.5. The summed E-state index contributed by atoms with van der Waals surface area (Å²) < 4.78 is 5.35. The number of rotatable bonds is 3. The summed E-state index contributed by atoms with van der Waals surface area (Å²) in [6.45, 7) is 2.79. The largest absolute Gasteiger partial charge is 0.381 e. The van der Waals surface area contributed by atoms with E-state index >= 15 is 0 Å². The average molecular weight is 227 g/mol. The van der Waals surface area contributed by atoms with E-state index in [1.165, 1.54) is 19.3 Å². The average Bonchev–Trinajstić information content (AvgIpc) is 2.24. The molecule has 0 saturated carbocycles. The summed E-state index contributed by atoms with van der Waals surface area (Å²) in [6, 6.07) is 0. The second kappa shape index (κ2) is 6.74. The van der Waals surface area contributed by atoms with Crippen LogP contribution in [0.5, 0.6) is 0 Å². The van der Waals surface area contributed by atoms with Gasteiger partial charge < -0.3 is 14.5 Å². The summed E-state index contributed by atoms with van der Waals surface area (Å²) in [6.07, 6.45) is 3.60. The minimum atomic E-state index is 0.808. The molecular weight excluding hydrogens is 202 g/mol. The van der Waals surface area contributed by atoms with E-state index < -0.39 is 0 Å². The van der Waals surface area contributed by atoms with Crippen molar-refractivity contribution in [3.8, 4) is 0 Å². The van der Waals surface area contributed by atoms with Gasteiger partial charge in [0.2, 0.25) is 0 Å². The number of hydrogen-bond acceptors (Lipinski definition) is 2. The molecule has 1 fully saturated rings. The molecule has 1 rings (SSSR count). The van der Waals surface area contributed by atoms with E-state index in [9.17, 15) is 0 Å². The van der Waals surface area contributed by atoms with Gasteiger partial charge in [-0.05, 0) is 25.2 Å². The summed E-state index contributed by atoms with van der Waals surface area (Å²) in [5.41, 5.74) is 0. The third kappa shape index (κ3) is 4.39. The molecule has 94 valence electrons.